The molecule has 0 unspecified atom stereocenters. The number of anilines is 1. The number of piperazine rings is 1. The van der Waals surface area contributed by atoms with Gasteiger partial charge < -0.3 is 20.2 Å². The number of phenolic OH excluding ortho intramolecular Hbond substituents is 1. The van der Waals surface area contributed by atoms with Gasteiger partial charge in [-0.25, -0.2) is 0 Å². The molecule has 2 heterocycles. The van der Waals surface area contributed by atoms with E-state index in [4.69, 9.17) is 0 Å². The maximum absolute atomic E-state index is 13.0. The van der Waals surface area contributed by atoms with Crippen LogP contribution in [-0.2, 0) is 10.0 Å². The lowest BCUT2D eigenvalue weighted by Crippen LogP contribution is -2.50. The van der Waals surface area contributed by atoms with Crippen molar-refractivity contribution in [2.24, 2.45) is 4.40 Å². The molecule has 0 bridgehead atoms. The second-order valence-corrected chi connectivity index (χ2v) is 9.79. The zero-order valence-electron chi connectivity index (χ0n) is 18.6. The van der Waals surface area contributed by atoms with Crippen LogP contribution in [0, 0.1) is 0 Å². The summed E-state index contributed by atoms with van der Waals surface area (Å²) in [7, 11) is -3.72. The van der Waals surface area contributed by atoms with Gasteiger partial charge in [0.05, 0.1) is 5.56 Å². The highest BCUT2D eigenvalue weighted by Crippen LogP contribution is 2.27. The van der Waals surface area contributed by atoms with Gasteiger partial charge in [0.2, 0.25) is 0 Å². The van der Waals surface area contributed by atoms with E-state index < -0.39 is 10.0 Å². The summed E-state index contributed by atoms with van der Waals surface area (Å²) in [4.78, 5) is 29.1. The fourth-order valence-electron chi connectivity index (χ4n) is 4.15. The Morgan fingerprint density at radius 3 is 2.09 bits per heavy atom. The Morgan fingerprint density at radius 2 is 1.40 bits per heavy atom. The van der Waals surface area contributed by atoms with E-state index in [0.29, 0.717) is 43.0 Å². The number of amidine groups is 1. The Kier molecular flexibility index (Phi) is 5.73. The second kappa shape index (κ2) is 8.88. The number of nitrogens with one attached hydrogen (secondary N) is 1. The van der Waals surface area contributed by atoms with Crippen LogP contribution >= 0.6 is 0 Å². The Morgan fingerprint density at radius 1 is 0.800 bits per heavy atom. The van der Waals surface area contributed by atoms with Gasteiger partial charge in [-0.15, -0.1) is 4.40 Å². The highest BCUT2D eigenvalue weighted by atomic mass is 32.2. The number of rotatable bonds is 3. The van der Waals surface area contributed by atoms with Gasteiger partial charge in [-0.3, -0.25) is 9.59 Å². The molecule has 9 nitrogen and oxygen atoms in total. The largest absolute Gasteiger partial charge is 0.507 e. The summed E-state index contributed by atoms with van der Waals surface area (Å²) < 4.78 is 28.3. The van der Waals surface area contributed by atoms with Crippen molar-refractivity contribution < 1.29 is 23.1 Å². The Labute approximate surface area is 202 Å². The molecule has 2 amide bonds. The van der Waals surface area contributed by atoms with E-state index in [-0.39, 0.29) is 33.9 Å². The minimum Gasteiger partial charge on any atom is -0.507 e. The molecule has 10 heteroatoms. The van der Waals surface area contributed by atoms with Gasteiger partial charge in [-0.05, 0) is 48.5 Å². The van der Waals surface area contributed by atoms with E-state index in [2.05, 4.69) is 9.71 Å². The number of sulfonamides is 1. The minimum absolute atomic E-state index is 0.0608. The molecule has 3 aromatic carbocycles. The van der Waals surface area contributed by atoms with Crippen LogP contribution in [0.2, 0.25) is 0 Å². The molecule has 178 valence electrons. The number of aromatic hydroxyl groups is 1. The third-order valence-corrected chi connectivity index (χ3v) is 7.35. The number of hydrogen-bond donors (Lipinski definition) is 2. The first kappa shape index (κ1) is 22.6. The molecule has 2 aliphatic heterocycles. The average Bonchev–Trinajstić information content (AvgIpc) is 3.14. The van der Waals surface area contributed by atoms with Crippen molar-refractivity contribution in [1.29, 1.82) is 0 Å². The van der Waals surface area contributed by atoms with Crippen LogP contribution in [-0.4, -0.2) is 67.2 Å². The van der Waals surface area contributed by atoms with E-state index in [1.807, 2.05) is 0 Å². The molecular formula is C25H22N4O5S. The normalized spacial score (nSPS) is 16.4. The molecule has 0 aromatic heterocycles. The summed E-state index contributed by atoms with van der Waals surface area (Å²) in [6.45, 7) is 1.49. The number of hydrogen-bond acceptors (Lipinski definition) is 6. The lowest BCUT2D eigenvalue weighted by molar-refractivity contribution is 0.0533. The Bertz CT molecular complexity index is 1440. The van der Waals surface area contributed by atoms with Crippen LogP contribution in [0.1, 0.15) is 26.3 Å². The number of carbonyl (C=O) groups excluding carboxylic acids is 2. The molecule has 0 saturated carbocycles. The van der Waals surface area contributed by atoms with E-state index in [1.54, 1.807) is 70.5 Å². The number of amides is 2. The van der Waals surface area contributed by atoms with Crippen molar-refractivity contribution >= 4 is 33.4 Å². The maximum atomic E-state index is 13.0. The lowest BCUT2D eigenvalue weighted by Gasteiger charge is -2.35. The average molecular weight is 491 g/mol. The SMILES string of the molecule is O=C(c1ccc(NC2=NS(=O)(=O)c3ccccc32)cc1)N1CCN(C(=O)c2ccccc2O)CC1. The van der Waals surface area contributed by atoms with E-state index in [9.17, 15) is 23.1 Å². The summed E-state index contributed by atoms with van der Waals surface area (Å²) in [6, 6.07) is 19.7. The molecule has 0 radical (unpaired) electrons. The fraction of sp³-hybridized carbons (Fsp3) is 0.160. The van der Waals surface area contributed by atoms with Gasteiger partial charge in [0.1, 0.15) is 10.6 Å². The van der Waals surface area contributed by atoms with E-state index in [0.717, 1.165) is 0 Å². The van der Waals surface area contributed by atoms with Gasteiger partial charge in [0, 0.05) is 43.0 Å². The zero-order valence-corrected chi connectivity index (χ0v) is 19.4. The fourth-order valence-corrected chi connectivity index (χ4v) is 5.32. The Hall–Kier alpha value is -4.18. The monoisotopic (exact) mass is 490 g/mol. The van der Waals surface area contributed by atoms with Crippen molar-refractivity contribution in [3.63, 3.8) is 0 Å². The summed E-state index contributed by atoms with van der Waals surface area (Å²) in [5.41, 5.74) is 1.84. The van der Waals surface area contributed by atoms with Crippen molar-refractivity contribution in [3.05, 3.63) is 89.5 Å². The molecular weight excluding hydrogens is 468 g/mol. The molecule has 3 aromatic rings. The molecule has 0 aliphatic carbocycles. The molecule has 2 N–H and O–H groups in total. The quantitative estimate of drug-likeness (QED) is 0.582. The third-order valence-electron chi connectivity index (χ3n) is 6.01. The minimum atomic E-state index is -3.72. The van der Waals surface area contributed by atoms with Crippen molar-refractivity contribution in [2.45, 2.75) is 4.90 Å². The van der Waals surface area contributed by atoms with Crippen LogP contribution in [0.5, 0.6) is 5.75 Å². The number of para-hydroxylation sites is 1. The Balaban J connectivity index is 1.22. The van der Waals surface area contributed by atoms with Crippen LogP contribution in [0.3, 0.4) is 0 Å². The van der Waals surface area contributed by atoms with Crippen molar-refractivity contribution in [1.82, 2.24) is 9.80 Å². The highest BCUT2D eigenvalue weighted by molar-refractivity contribution is 7.90. The molecule has 2 aliphatic rings. The smallest absolute Gasteiger partial charge is 0.285 e. The lowest BCUT2D eigenvalue weighted by atomic mass is 10.1. The van der Waals surface area contributed by atoms with Gasteiger partial charge in [0.25, 0.3) is 21.8 Å². The highest BCUT2D eigenvalue weighted by Gasteiger charge is 2.29. The van der Waals surface area contributed by atoms with Crippen LogP contribution in [0.4, 0.5) is 5.69 Å². The maximum Gasteiger partial charge on any atom is 0.285 e. The molecule has 5 rings (SSSR count). The first-order valence-corrected chi connectivity index (χ1v) is 12.5. The number of fused-ring (bicyclic) bond motifs is 1. The van der Waals surface area contributed by atoms with Gasteiger partial charge in [-0.1, -0.05) is 24.3 Å². The molecule has 35 heavy (non-hydrogen) atoms. The number of nitrogens with zero attached hydrogens (tertiary/aromatic N) is 3. The summed E-state index contributed by atoms with van der Waals surface area (Å²) >= 11 is 0. The van der Waals surface area contributed by atoms with Crippen molar-refractivity contribution in [3.8, 4) is 5.75 Å². The van der Waals surface area contributed by atoms with Gasteiger partial charge in [-0.2, -0.15) is 8.42 Å². The number of benzene rings is 3. The molecule has 1 saturated heterocycles. The summed E-state index contributed by atoms with van der Waals surface area (Å²) in [6.07, 6.45) is 0. The standard InChI is InChI=1S/C25H22N4O5S/c30-21-7-3-1-5-19(21)25(32)29-15-13-28(14-16-29)24(31)17-9-11-18(12-10-17)26-23-20-6-2-4-8-22(20)35(33,34)27-23/h1-12,30H,13-16H2,(H,26,27). The van der Waals surface area contributed by atoms with Gasteiger partial charge in [0.15, 0.2) is 5.84 Å². The van der Waals surface area contributed by atoms with Crippen LogP contribution in [0.25, 0.3) is 0 Å². The predicted octanol–water partition coefficient (Wildman–Crippen LogP) is 2.55. The number of carbonyl (C=O) groups is 2. The predicted molar refractivity (Wildman–Crippen MR) is 130 cm³/mol. The number of phenols is 1. The zero-order chi connectivity index (χ0) is 24.6. The van der Waals surface area contributed by atoms with Crippen LogP contribution in [0.15, 0.2) is 82.1 Å². The first-order chi connectivity index (χ1) is 16.8. The van der Waals surface area contributed by atoms with Crippen molar-refractivity contribution in [2.75, 3.05) is 31.5 Å². The van der Waals surface area contributed by atoms with E-state index >= 15 is 0 Å². The van der Waals surface area contributed by atoms with Crippen LogP contribution < -0.4 is 5.32 Å². The third kappa shape index (κ3) is 4.35. The molecule has 0 atom stereocenters. The van der Waals surface area contributed by atoms with E-state index in [1.165, 1.54) is 12.1 Å². The molecule has 1 fully saturated rings. The summed E-state index contributed by atoms with van der Waals surface area (Å²) in [5, 5.41) is 13.0. The second-order valence-electron chi connectivity index (χ2n) is 8.22. The summed E-state index contributed by atoms with van der Waals surface area (Å²) in [5.74, 6) is -0.236. The molecule has 0 spiro atoms. The topological polar surface area (TPSA) is 119 Å². The van der Waals surface area contributed by atoms with Gasteiger partial charge >= 0.3 is 0 Å². The first-order valence-electron chi connectivity index (χ1n) is 11.0.